The van der Waals surface area contributed by atoms with Crippen molar-refractivity contribution in [1.29, 1.82) is 0 Å². The lowest BCUT2D eigenvalue weighted by Crippen LogP contribution is -2.13. The number of aryl methyl sites for hydroxylation is 2. The van der Waals surface area contributed by atoms with Crippen molar-refractivity contribution in [2.75, 3.05) is 17.3 Å². The summed E-state index contributed by atoms with van der Waals surface area (Å²) >= 11 is 0. The molecule has 1 aromatic heterocycles. The molecule has 0 atom stereocenters. The molecule has 3 aromatic rings. The zero-order valence-corrected chi connectivity index (χ0v) is 14.2. The van der Waals surface area contributed by atoms with Gasteiger partial charge in [-0.1, -0.05) is 43.3 Å². The maximum absolute atomic E-state index is 4.60. The molecule has 0 spiro atoms. The molecule has 1 N–H and O–H groups in total. The van der Waals surface area contributed by atoms with Gasteiger partial charge in [-0.05, 0) is 36.6 Å². The van der Waals surface area contributed by atoms with Crippen molar-refractivity contribution < 1.29 is 0 Å². The second-order valence-electron chi connectivity index (χ2n) is 5.62. The van der Waals surface area contributed by atoms with Crippen molar-refractivity contribution in [3.8, 4) is 0 Å². The van der Waals surface area contributed by atoms with Crippen molar-refractivity contribution in [3.05, 3.63) is 65.9 Å². The largest absolute Gasteiger partial charge is 0.328 e. The van der Waals surface area contributed by atoms with Crippen molar-refractivity contribution in [3.63, 3.8) is 0 Å². The number of benzene rings is 2. The van der Waals surface area contributed by atoms with Gasteiger partial charge in [0.05, 0.1) is 6.20 Å². The predicted octanol–water partition coefficient (Wildman–Crippen LogP) is 4.25. The summed E-state index contributed by atoms with van der Waals surface area (Å²) in [5.74, 6) is 1.24. The summed E-state index contributed by atoms with van der Waals surface area (Å²) in [6, 6.07) is 16.3. The Bertz CT molecular complexity index is 817. The van der Waals surface area contributed by atoms with Crippen molar-refractivity contribution >= 4 is 23.1 Å². The molecule has 5 heteroatoms. The summed E-state index contributed by atoms with van der Waals surface area (Å²) in [6.45, 7) is 4.22. The number of rotatable bonds is 5. The van der Waals surface area contributed by atoms with Gasteiger partial charge in [0, 0.05) is 18.4 Å². The zero-order valence-electron chi connectivity index (χ0n) is 14.2. The molecule has 5 nitrogen and oxygen atoms in total. The first-order chi connectivity index (χ1) is 11.7. The smallest absolute Gasteiger partial charge is 0.249 e. The Morgan fingerprint density at radius 3 is 2.58 bits per heavy atom. The standard InChI is InChI=1S/C19H21N5/c1-4-15-10-8-9-14(2)18(15)22-19-21-17(13-20-23-19)24(3)16-11-6-5-7-12-16/h5-13H,4H2,1-3H3,(H,21,22,23). The van der Waals surface area contributed by atoms with E-state index >= 15 is 0 Å². The highest BCUT2D eigenvalue weighted by Gasteiger charge is 2.10. The number of hydrogen-bond acceptors (Lipinski definition) is 5. The summed E-state index contributed by atoms with van der Waals surface area (Å²) < 4.78 is 0. The van der Waals surface area contributed by atoms with Gasteiger partial charge in [0.2, 0.25) is 5.95 Å². The molecule has 0 saturated heterocycles. The molecule has 24 heavy (non-hydrogen) atoms. The lowest BCUT2D eigenvalue weighted by atomic mass is 10.1. The Labute approximate surface area is 142 Å². The summed E-state index contributed by atoms with van der Waals surface area (Å²) in [6.07, 6.45) is 2.61. The fourth-order valence-corrected chi connectivity index (χ4v) is 2.61. The topological polar surface area (TPSA) is 53.9 Å². The molecule has 0 radical (unpaired) electrons. The third kappa shape index (κ3) is 3.35. The minimum Gasteiger partial charge on any atom is -0.328 e. The van der Waals surface area contributed by atoms with E-state index in [0.29, 0.717) is 5.95 Å². The van der Waals surface area contributed by atoms with Crippen LogP contribution >= 0.6 is 0 Å². The van der Waals surface area contributed by atoms with E-state index in [2.05, 4.69) is 52.5 Å². The van der Waals surface area contributed by atoms with E-state index in [4.69, 9.17) is 0 Å². The van der Waals surface area contributed by atoms with Crippen LogP contribution in [0.4, 0.5) is 23.1 Å². The third-order valence-corrected chi connectivity index (χ3v) is 4.01. The van der Waals surface area contributed by atoms with Gasteiger partial charge in [-0.15, -0.1) is 5.10 Å². The number of nitrogens with one attached hydrogen (secondary N) is 1. The molecule has 0 bridgehead atoms. The molecule has 3 rings (SSSR count). The van der Waals surface area contributed by atoms with Gasteiger partial charge in [0.15, 0.2) is 5.82 Å². The van der Waals surface area contributed by atoms with E-state index < -0.39 is 0 Å². The second-order valence-corrected chi connectivity index (χ2v) is 5.62. The van der Waals surface area contributed by atoms with Crippen LogP contribution in [0.5, 0.6) is 0 Å². The second kappa shape index (κ2) is 7.08. The molecule has 122 valence electrons. The molecule has 0 aliphatic rings. The maximum Gasteiger partial charge on any atom is 0.249 e. The highest BCUT2D eigenvalue weighted by molar-refractivity contribution is 5.65. The number of para-hydroxylation sites is 2. The molecule has 2 aromatic carbocycles. The van der Waals surface area contributed by atoms with Gasteiger partial charge in [0.1, 0.15) is 0 Å². The Morgan fingerprint density at radius 2 is 1.83 bits per heavy atom. The summed E-state index contributed by atoms with van der Waals surface area (Å²) in [4.78, 5) is 6.59. The predicted molar refractivity (Wildman–Crippen MR) is 98.2 cm³/mol. The van der Waals surface area contributed by atoms with Crippen LogP contribution in [0.1, 0.15) is 18.1 Å². The zero-order chi connectivity index (χ0) is 16.9. The molecule has 0 fully saturated rings. The first-order valence-corrected chi connectivity index (χ1v) is 8.03. The van der Waals surface area contributed by atoms with E-state index in [9.17, 15) is 0 Å². The average Bonchev–Trinajstić information content (AvgIpc) is 2.64. The molecule has 0 aliphatic carbocycles. The fourth-order valence-electron chi connectivity index (χ4n) is 2.61. The third-order valence-electron chi connectivity index (χ3n) is 4.01. The van der Waals surface area contributed by atoms with Crippen LogP contribution in [0.3, 0.4) is 0 Å². The van der Waals surface area contributed by atoms with E-state index in [1.165, 1.54) is 11.1 Å². The van der Waals surface area contributed by atoms with E-state index in [0.717, 1.165) is 23.6 Å². The highest BCUT2D eigenvalue weighted by atomic mass is 15.3. The lowest BCUT2D eigenvalue weighted by molar-refractivity contribution is 0.955. The van der Waals surface area contributed by atoms with E-state index in [-0.39, 0.29) is 0 Å². The van der Waals surface area contributed by atoms with Crippen molar-refractivity contribution in [2.24, 2.45) is 0 Å². The highest BCUT2D eigenvalue weighted by Crippen LogP contribution is 2.25. The van der Waals surface area contributed by atoms with Crippen LogP contribution in [-0.4, -0.2) is 22.2 Å². The first kappa shape index (κ1) is 15.9. The lowest BCUT2D eigenvalue weighted by Gasteiger charge is -2.18. The van der Waals surface area contributed by atoms with Gasteiger partial charge in [-0.3, -0.25) is 0 Å². The number of anilines is 4. The minimum absolute atomic E-state index is 0.499. The van der Waals surface area contributed by atoms with E-state index in [1.54, 1.807) is 6.20 Å². The fraction of sp³-hybridized carbons (Fsp3) is 0.211. The van der Waals surface area contributed by atoms with Gasteiger partial charge < -0.3 is 10.2 Å². The van der Waals surface area contributed by atoms with Gasteiger partial charge in [-0.2, -0.15) is 10.1 Å². The number of aromatic nitrogens is 3. The van der Waals surface area contributed by atoms with Gasteiger partial charge in [0.25, 0.3) is 0 Å². The van der Waals surface area contributed by atoms with Crippen LogP contribution in [0.15, 0.2) is 54.7 Å². The van der Waals surface area contributed by atoms with Crippen LogP contribution in [0, 0.1) is 6.92 Å². The molecule has 0 saturated carbocycles. The van der Waals surface area contributed by atoms with Crippen LogP contribution in [-0.2, 0) is 6.42 Å². The maximum atomic E-state index is 4.60. The summed E-state index contributed by atoms with van der Waals surface area (Å²) in [5.41, 5.74) is 4.51. The first-order valence-electron chi connectivity index (χ1n) is 8.03. The Hall–Kier alpha value is -2.95. The normalized spacial score (nSPS) is 10.5. The molecule has 1 heterocycles. The Balaban J connectivity index is 1.89. The summed E-state index contributed by atoms with van der Waals surface area (Å²) in [5, 5.41) is 11.6. The molecular weight excluding hydrogens is 298 g/mol. The minimum atomic E-state index is 0.499. The van der Waals surface area contributed by atoms with Crippen LogP contribution in [0.2, 0.25) is 0 Å². The number of nitrogens with zero attached hydrogens (tertiary/aromatic N) is 4. The molecule has 0 amide bonds. The number of hydrogen-bond donors (Lipinski definition) is 1. The van der Waals surface area contributed by atoms with Crippen LogP contribution < -0.4 is 10.2 Å². The van der Waals surface area contributed by atoms with Crippen molar-refractivity contribution in [2.45, 2.75) is 20.3 Å². The molecule has 0 unspecified atom stereocenters. The quantitative estimate of drug-likeness (QED) is 0.762. The molecule has 0 aliphatic heterocycles. The average molecular weight is 319 g/mol. The van der Waals surface area contributed by atoms with E-state index in [1.807, 2.05) is 42.3 Å². The monoisotopic (exact) mass is 319 g/mol. The Kier molecular flexibility index (Phi) is 4.70. The Morgan fingerprint density at radius 1 is 1.04 bits per heavy atom. The van der Waals surface area contributed by atoms with Crippen molar-refractivity contribution in [1.82, 2.24) is 15.2 Å². The molecular formula is C19H21N5. The van der Waals surface area contributed by atoms with Gasteiger partial charge in [-0.25, -0.2) is 0 Å². The summed E-state index contributed by atoms with van der Waals surface area (Å²) in [7, 11) is 1.97. The SMILES string of the molecule is CCc1cccc(C)c1Nc1nncc(N(C)c2ccccc2)n1. The van der Waals surface area contributed by atoms with Crippen LogP contribution in [0.25, 0.3) is 0 Å². The van der Waals surface area contributed by atoms with Gasteiger partial charge >= 0.3 is 0 Å².